The molecule has 0 spiro atoms. The van der Waals surface area contributed by atoms with Crippen molar-refractivity contribution < 1.29 is 4.74 Å². The van der Waals surface area contributed by atoms with Crippen LogP contribution in [0.5, 0.6) is 5.75 Å². The monoisotopic (exact) mass is 371 g/mol. The number of hydrogen-bond donors (Lipinski definition) is 1. The van der Waals surface area contributed by atoms with E-state index in [2.05, 4.69) is 21.2 Å². The molecule has 0 radical (unpaired) electrons. The molecule has 2 aromatic rings. The summed E-state index contributed by atoms with van der Waals surface area (Å²) in [7, 11) is 0. The average Bonchev–Trinajstić information content (AvgIpc) is 2.40. The minimum absolute atomic E-state index is 0.143. The van der Waals surface area contributed by atoms with E-state index >= 15 is 0 Å². The van der Waals surface area contributed by atoms with E-state index in [1.54, 1.807) is 6.07 Å². The lowest BCUT2D eigenvalue weighted by atomic mass is 10.00. The SMILES string of the molecule is Clc1cc(Cl)c2c(c1)C(Nc1cccc(Br)c1)CCO2. The number of ether oxygens (including phenoxy) is 1. The van der Waals surface area contributed by atoms with E-state index < -0.39 is 0 Å². The van der Waals surface area contributed by atoms with Crippen molar-refractivity contribution in [1.29, 1.82) is 0 Å². The zero-order valence-corrected chi connectivity index (χ0v) is 13.6. The van der Waals surface area contributed by atoms with Gasteiger partial charge in [-0.15, -0.1) is 0 Å². The van der Waals surface area contributed by atoms with Crippen molar-refractivity contribution in [3.63, 3.8) is 0 Å². The standard InChI is InChI=1S/C15H12BrCl2NO/c16-9-2-1-3-11(6-9)19-14-4-5-20-15-12(14)7-10(17)8-13(15)18/h1-3,6-8,14,19H,4-5H2. The molecule has 1 atom stereocenters. The molecular weight excluding hydrogens is 361 g/mol. The normalized spacial score (nSPS) is 17.2. The molecular formula is C15H12BrCl2NO. The lowest BCUT2D eigenvalue weighted by molar-refractivity contribution is 0.274. The number of anilines is 1. The summed E-state index contributed by atoms with van der Waals surface area (Å²) in [5.74, 6) is 0.731. The van der Waals surface area contributed by atoms with Crippen molar-refractivity contribution in [3.05, 3.63) is 56.5 Å². The van der Waals surface area contributed by atoms with E-state index in [-0.39, 0.29) is 6.04 Å². The zero-order chi connectivity index (χ0) is 14.1. The molecule has 104 valence electrons. The summed E-state index contributed by atoms with van der Waals surface area (Å²) in [6.07, 6.45) is 0.871. The van der Waals surface area contributed by atoms with Crippen LogP contribution in [0.15, 0.2) is 40.9 Å². The molecule has 2 aromatic carbocycles. The van der Waals surface area contributed by atoms with Crippen LogP contribution in [-0.2, 0) is 0 Å². The van der Waals surface area contributed by atoms with Crippen LogP contribution < -0.4 is 10.1 Å². The Balaban J connectivity index is 1.94. The third-order valence-corrected chi connectivity index (χ3v) is 4.22. The van der Waals surface area contributed by atoms with Gasteiger partial charge in [0.2, 0.25) is 0 Å². The summed E-state index contributed by atoms with van der Waals surface area (Å²) < 4.78 is 6.70. The van der Waals surface area contributed by atoms with E-state index in [0.717, 1.165) is 27.9 Å². The van der Waals surface area contributed by atoms with Gasteiger partial charge in [0.25, 0.3) is 0 Å². The lowest BCUT2D eigenvalue weighted by Crippen LogP contribution is -2.20. The van der Waals surface area contributed by atoms with Crippen LogP contribution in [0.1, 0.15) is 18.0 Å². The Morgan fingerprint density at radius 1 is 1.20 bits per heavy atom. The molecule has 1 aliphatic heterocycles. The van der Waals surface area contributed by atoms with Gasteiger partial charge in [0.15, 0.2) is 0 Å². The van der Waals surface area contributed by atoms with Crippen LogP contribution >= 0.6 is 39.1 Å². The Morgan fingerprint density at radius 2 is 2.05 bits per heavy atom. The molecule has 0 aliphatic carbocycles. The second-order valence-electron chi connectivity index (χ2n) is 4.65. The van der Waals surface area contributed by atoms with Gasteiger partial charge in [-0.1, -0.05) is 45.2 Å². The second kappa shape index (κ2) is 5.84. The summed E-state index contributed by atoms with van der Waals surface area (Å²) in [6, 6.07) is 11.8. The Labute approximate surface area is 136 Å². The number of benzene rings is 2. The third kappa shape index (κ3) is 2.90. The summed E-state index contributed by atoms with van der Waals surface area (Å²) in [4.78, 5) is 0. The molecule has 1 aliphatic rings. The third-order valence-electron chi connectivity index (χ3n) is 3.23. The fourth-order valence-electron chi connectivity index (χ4n) is 2.36. The topological polar surface area (TPSA) is 21.3 Å². The molecule has 20 heavy (non-hydrogen) atoms. The van der Waals surface area contributed by atoms with Crippen LogP contribution in [0.4, 0.5) is 5.69 Å². The van der Waals surface area contributed by atoms with Gasteiger partial charge in [0.1, 0.15) is 5.75 Å². The van der Waals surface area contributed by atoms with E-state index in [4.69, 9.17) is 27.9 Å². The van der Waals surface area contributed by atoms with Crippen molar-refractivity contribution in [2.24, 2.45) is 0 Å². The number of fused-ring (bicyclic) bond motifs is 1. The van der Waals surface area contributed by atoms with Crippen LogP contribution in [0, 0.1) is 0 Å². The first-order chi connectivity index (χ1) is 9.63. The molecule has 0 bridgehead atoms. The predicted octanol–water partition coefficient (Wildman–Crippen LogP) is 5.69. The minimum atomic E-state index is 0.143. The Kier molecular flexibility index (Phi) is 4.11. The number of nitrogens with one attached hydrogen (secondary N) is 1. The highest BCUT2D eigenvalue weighted by Gasteiger charge is 2.24. The first-order valence-corrected chi connectivity index (χ1v) is 7.82. The summed E-state index contributed by atoms with van der Waals surface area (Å²) >= 11 is 15.8. The molecule has 1 N–H and O–H groups in total. The van der Waals surface area contributed by atoms with Gasteiger partial charge in [-0.05, 0) is 30.3 Å². The maximum Gasteiger partial charge on any atom is 0.143 e. The molecule has 1 unspecified atom stereocenters. The van der Waals surface area contributed by atoms with E-state index in [0.29, 0.717) is 16.7 Å². The zero-order valence-electron chi connectivity index (χ0n) is 10.5. The Morgan fingerprint density at radius 3 is 2.85 bits per heavy atom. The van der Waals surface area contributed by atoms with Gasteiger partial charge in [-0.25, -0.2) is 0 Å². The van der Waals surface area contributed by atoms with Gasteiger partial charge in [-0.2, -0.15) is 0 Å². The first kappa shape index (κ1) is 14.1. The highest BCUT2D eigenvalue weighted by Crippen LogP contribution is 2.41. The molecule has 0 amide bonds. The molecule has 5 heteroatoms. The summed E-state index contributed by atoms with van der Waals surface area (Å²) in [6.45, 7) is 0.639. The maximum atomic E-state index is 6.20. The molecule has 2 nitrogen and oxygen atoms in total. The quantitative estimate of drug-likeness (QED) is 0.730. The highest BCUT2D eigenvalue weighted by molar-refractivity contribution is 9.10. The second-order valence-corrected chi connectivity index (χ2v) is 6.41. The number of rotatable bonds is 2. The Hall–Kier alpha value is -0.900. The first-order valence-electron chi connectivity index (χ1n) is 6.27. The summed E-state index contributed by atoms with van der Waals surface area (Å²) in [5.41, 5.74) is 2.06. The van der Waals surface area contributed by atoms with Crippen molar-refractivity contribution >= 4 is 44.8 Å². The van der Waals surface area contributed by atoms with E-state index in [9.17, 15) is 0 Å². The number of hydrogen-bond acceptors (Lipinski definition) is 2. The Bertz CT molecular complexity index is 648. The highest BCUT2D eigenvalue weighted by atomic mass is 79.9. The van der Waals surface area contributed by atoms with Crippen LogP contribution in [-0.4, -0.2) is 6.61 Å². The van der Waals surface area contributed by atoms with Crippen molar-refractivity contribution in [1.82, 2.24) is 0 Å². The van der Waals surface area contributed by atoms with Gasteiger partial charge >= 0.3 is 0 Å². The smallest absolute Gasteiger partial charge is 0.143 e. The van der Waals surface area contributed by atoms with Crippen LogP contribution in [0.25, 0.3) is 0 Å². The van der Waals surface area contributed by atoms with Gasteiger partial charge in [0, 0.05) is 27.2 Å². The van der Waals surface area contributed by atoms with Crippen molar-refractivity contribution in [2.75, 3.05) is 11.9 Å². The molecule has 1 heterocycles. The lowest BCUT2D eigenvalue weighted by Gasteiger charge is -2.28. The molecule has 0 saturated carbocycles. The fraction of sp³-hybridized carbons (Fsp3) is 0.200. The molecule has 0 saturated heterocycles. The maximum absolute atomic E-state index is 6.20. The van der Waals surface area contributed by atoms with Crippen LogP contribution in [0.2, 0.25) is 10.0 Å². The fourth-order valence-corrected chi connectivity index (χ4v) is 3.32. The van der Waals surface area contributed by atoms with E-state index in [1.807, 2.05) is 30.3 Å². The summed E-state index contributed by atoms with van der Waals surface area (Å²) in [5, 5.41) is 4.69. The van der Waals surface area contributed by atoms with E-state index in [1.165, 1.54) is 0 Å². The molecule has 3 rings (SSSR count). The van der Waals surface area contributed by atoms with Gasteiger partial charge < -0.3 is 10.1 Å². The van der Waals surface area contributed by atoms with Gasteiger partial charge in [-0.3, -0.25) is 0 Å². The molecule has 0 fully saturated rings. The van der Waals surface area contributed by atoms with Gasteiger partial charge in [0.05, 0.1) is 17.7 Å². The average molecular weight is 373 g/mol. The largest absolute Gasteiger partial charge is 0.492 e. The molecule has 0 aromatic heterocycles. The van der Waals surface area contributed by atoms with Crippen LogP contribution in [0.3, 0.4) is 0 Å². The predicted molar refractivity (Wildman–Crippen MR) is 87.1 cm³/mol. The van der Waals surface area contributed by atoms with Crippen molar-refractivity contribution in [2.45, 2.75) is 12.5 Å². The minimum Gasteiger partial charge on any atom is -0.492 e. The number of halogens is 3. The van der Waals surface area contributed by atoms with Crippen molar-refractivity contribution in [3.8, 4) is 5.75 Å².